The van der Waals surface area contributed by atoms with Gasteiger partial charge in [-0.15, -0.1) is 10.2 Å². The van der Waals surface area contributed by atoms with E-state index in [1.807, 2.05) is 11.6 Å². The first-order chi connectivity index (χ1) is 6.25. The van der Waals surface area contributed by atoms with Crippen LogP contribution in [0, 0.1) is 0 Å². The van der Waals surface area contributed by atoms with Crippen molar-refractivity contribution >= 4 is 0 Å². The lowest BCUT2D eigenvalue weighted by Crippen LogP contribution is -2.23. The van der Waals surface area contributed by atoms with Crippen LogP contribution in [0.25, 0.3) is 0 Å². The van der Waals surface area contributed by atoms with E-state index >= 15 is 0 Å². The molecule has 5 nitrogen and oxygen atoms in total. The minimum absolute atomic E-state index is 0.159. The zero-order valence-electron chi connectivity index (χ0n) is 7.72. The summed E-state index contributed by atoms with van der Waals surface area (Å²) >= 11 is 0. The second-order valence-electron chi connectivity index (χ2n) is 3.54. The minimum Gasteiger partial charge on any atom is -0.392 e. The number of hydrogen-bond acceptors (Lipinski definition) is 4. The zero-order chi connectivity index (χ0) is 9.26. The minimum atomic E-state index is -0.159. The van der Waals surface area contributed by atoms with E-state index < -0.39 is 0 Å². The number of likely N-dealkylation sites (tertiary alicyclic amines) is 1. The third-order valence-electron chi connectivity index (χ3n) is 2.42. The maximum absolute atomic E-state index is 9.31. The van der Waals surface area contributed by atoms with Crippen molar-refractivity contribution in [1.29, 1.82) is 0 Å². The second kappa shape index (κ2) is 3.43. The van der Waals surface area contributed by atoms with E-state index in [1.165, 1.54) is 0 Å². The van der Waals surface area contributed by atoms with Gasteiger partial charge >= 0.3 is 0 Å². The van der Waals surface area contributed by atoms with Gasteiger partial charge in [-0.2, -0.15) is 0 Å². The molecule has 0 aliphatic carbocycles. The molecule has 1 aliphatic rings. The van der Waals surface area contributed by atoms with Crippen molar-refractivity contribution in [1.82, 2.24) is 19.7 Å². The summed E-state index contributed by atoms with van der Waals surface area (Å²) in [5, 5.41) is 17.1. The maximum atomic E-state index is 9.31. The molecule has 0 aromatic carbocycles. The quantitative estimate of drug-likeness (QED) is 0.662. The molecule has 1 atom stereocenters. The maximum Gasteiger partial charge on any atom is 0.146 e. The Morgan fingerprint density at radius 2 is 2.54 bits per heavy atom. The number of aliphatic hydroxyl groups is 1. The van der Waals surface area contributed by atoms with E-state index in [9.17, 15) is 5.11 Å². The van der Waals surface area contributed by atoms with E-state index in [0.29, 0.717) is 0 Å². The standard InChI is InChI=1S/C8H14N4O/c1-11-6-9-10-8(11)5-12-3-2-7(13)4-12/h6-7,13H,2-5H2,1H3/t7-/m0/s1. The highest BCUT2D eigenvalue weighted by Crippen LogP contribution is 2.11. The van der Waals surface area contributed by atoms with Gasteiger partial charge < -0.3 is 9.67 Å². The van der Waals surface area contributed by atoms with Gasteiger partial charge in [0.15, 0.2) is 0 Å². The SMILES string of the molecule is Cn1cnnc1CN1CC[C@H](O)C1. The van der Waals surface area contributed by atoms with Gasteiger partial charge in [0, 0.05) is 20.1 Å². The predicted molar refractivity (Wildman–Crippen MR) is 46.9 cm³/mol. The molecule has 0 saturated carbocycles. The molecule has 13 heavy (non-hydrogen) atoms. The summed E-state index contributed by atoms with van der Waals surface area (Å²) in [6, 6.07) is 0. The molecular weight excluding hydrogens is 168 g/mol. The van der Waals surface area contributed by atoms with E-state index in [0.717, 1.165) is 31.9 Å². The van der Waals surface area contributed by atoms with Crippen molar-refractivity contribution in [2.45, 2.75) is 19.1 Å². The van der Waals surface area contributed by atoms with E-state index in [2.05, 4.69) is 15.1 Å². The monoisotopic (exact) mass is 182 g/mol. The Morgan fingerprint density at radius 1 is 1.69 bits per heavy atom. The average Bonchev–Trinajstić information content (AvgIpc) is 2.64. The number of rotatable bonds is 2. The smallest absolute Gasteiger partial charge is 0.146 e. The van der Waals surface area contributed by atoms with Crippen molar-refractivity contribution in [2.75, 3.05) is 13.1 Å². The van der Waals surface area contributed by atoms with Crippen LogP contribution >= 0.6 is 0 Å². The van der Waals surface area contributed by atoms with Gasteiger partial charge in [0.05, 0.1) is 12.6 Å². The molecular formula is C8H14N4O. The van der Waals surface area contributed by atoms with Crippen LogP contribution in [0.5, 0.6) is 0 Å². The summed E-state index contributed by atoms with van der Waals surface area (Å²) in [6.07, 6.45) is 2.41. The van der Waals surface area contributed by atoms with Crippen LogP contribution in [0.15, 0.2) is 6.33 Å². The number of aliphatic hydroxyl groups excluding tert-OH is 1. The third-order valence-corrected chi connectivity index (χ3v) is 2.42. The molecule has 0 unspecified atom stereocenters. The Labute approximate surface area is 77.0 Å². The van der Waals surface area contributed by atoms with Crippen molar-refractivity contribution in [3.63, 3.8) is 0 Å². The highest BCUT2D eigenvalue weighted by Gasteiger charge is 2.21. The molecule has 1 aromatic rings. The number of β-amino-alcohol motifs (C(OH)–C–C–N with tert-alkyl or cyclic N) is 1. The van der Waals surface area contributed by atoms with Gasteiger partial charge in [0.2, 0.25) is 0 Å². The first-order valence-corrected chi connectivity index (χ1v) is 4.49. The molecule has 72 valence electrons. The summed E-state index contributed by atoms with van der Waals surface area (Å²) in [5.74, 6) is 0.953. The van der Waals surface area contributed by atoms with Gasteiger partial charge in [-0.3, -0.25) is 4.90 Å². The molecule has 2 heterocycles. The van der Waals surface area contributed by atoms with Crippen LogP contribution in [-0.2, 0) is 13.6 Å². The van der Waals surface area contributed by atoms with Crippen molar-refractivity contribution in [3.05, 3.63) is 12.2 Å². The van der Waals surface area contributed by atoms with E-state index in [4.69, 9.17) is 0 Å². The summed E-state index contributed by atoms with van der Waals surface area (Å²) in [6.45, 7) is 2.49. The Morgan fingerprint density at radius 3 is 3.08 bits per heavy atom. The van der Waals surface area contributed by atoms with Gasteiger partial charge in [0.25, 0.3) is 0 Å². The first kappa shape index (κ1) is 8.65. The average molecular weight is 182 g/mol. The van der Waals surface area contributed by atoms with Crippen molar-refractivity contribution < 1.29 is 5.11 Å². The van der Waals surface area contributed by atoms with Crippen LogP contribution in [0.3, 0.4) is 0 Å². The van der Waals surface area contributed by atoms with Gasteiger partial charge in [-0.05, 0) is 6.42 Å². The number of aryl methyl sites for hydroxylation is 1. The van der Waals surface area contributed by atoms with E-state index in [-0.39, 0.29) is 6.10 Å². The lowest BCUT2D eigenvalue weighted by Gasteiger charge is -2.13. The van der Waals surface area contributed by atoms with E-state index in [1.54, 1.807) is 6.33 Å². The predicted octanol–water partition coefficient (Wildman–Crippen LogP) is -0.618. The molecule has 0 bridgehead atoms. The Kier molecular flexibility index (Phi) is 2.28. The van der Waals surface area contributed by atoms with Crippen LogP contribution in [0.4, 0.5) is 0 Å². The molecule has 1 N–H and O–H groups in total. The molecule has 0 radical (unpaired) electrons. The van der Waals surface area contributed by atoms with Crippen LogP contribution in [0.1, 0.15) is 12.2 Å². The van der Waals surface area contributed by atoms with Crippen LogP contribution in [0.2, 0.25) is 0 Å². The lowest BCUT2D eigenvalue weighted by atomic mass is 10.3. The van der Waals surface area contributed by atoms with Crippen LogP contribution < -0.4 is 0 Å². The fraction of sp³-hybridized carbons (Fsp3) is 0.750. The highest BCUT2D eigenvalue weighted by molar-refractivity contribution is 4.86. The summed E-state index contributed by atoms with van der Waals surface area (Å²) in [5.41, 5.74) is 0. The fourth-order valence-corrected chi connectivity index (χ4v) is 1.61. The second-order valence-corrected chi connectivity index (χ2v) is 3.54. The molecule has 1 aliphatic heterocycles. The normalized spacial score (nSPS) is 24.0. The number of aromatic nitrogens is 3. The number of hydrogen-bond donors (Lipinski definition) is 1. The Bertz CT molecular complexity index is 285. The molecule has 0 amide bonds. The first-order valence-electron chi connectivity index (χ1n) is 4.49. The highest BCUT2D eigenvalue weighted by atomic mass is 16.3. The molecule has 1 aromatic heterocycles. The van der Waals surface area contributed by atoms with Gasteiger partial charge in [0.1, 0.15) is 12.2 Å². The number of nitrogens with zero attached hydrogens (tertiary/aromatic N) is 4. The van der Waals surface area contributed by atoms with Crippen LogP contribution in [-0.4, -0.2) is 44.0 Å². The molecule has 5 heteroatoms. The summed E-state index contributed by atoms with van der Waals surface area (Å²) < 4.78 is 1.91. The van der Waals surface area contributed by atoms with Crippen molar-refractivity contribution in [2.24, 2.45) is 7.05 Å². The zero-order valence-corrected chi connectivity index (χ0v) is 7.72. The molecule has 2 rings (SSSR count). The summed E-state index contributed by atoms with van der Waals surface area (Å²) in [4.78, 5) is 2.19. The summed E-state index contributed by atoms with van der Waals surface area (Å²) in [7, 11) is 1.93. The van der Waals surface area contributed by atoms with Gasteiger partial charge in [-0.25, -0.2) is 0 Å². The molecule has 1 fully saturated rings. The van der Waals surface area contributed by atoms with Crippen molar-refractivity contribution in [3.8, 4) is 0 Å². The Balaban J connectivity index is 1.95. The lowest BCUT2D eigenvalue weighted by molar-refractivity contribution is 0.173. The van der Waals surface area contributed by atoms with Gasteiger partial charge in [-0.1, -0.05) is 0 Å². The largest absolute Gasteiger partial charge is 0.392 e. The molecule has 0 spiro atoms. The topological polar surface area (TPSA) is 54.2 Å². The fourth-order valence-electron chi connectivity index (χ4n) is 1.61. The third kappa shape index (κ3) is 1.87. The molecule has 1 saturated heterocycles. The Hall–Kier alpha value is -0.940.